The van der Waals surface area contributed by atoms with E-state index in [-0.39, 0.29) is 5.78 Å². The van der Waals surface area contributed by atoms with Gasteiger partial charge in [0.15, 0.2) is 0 Å². The minimum absolute atomic E-state index is 0.171. The average molecular weight is 378 g/mol. The fraction of sp³-hybridized carbons (Fsp3) is 0.0833. The number of benzene rings is 1. The Labute approximate surface area is 119 Å². The van der Waals surface area contributed by atoms with Gasteiger partial charge in [0.2, 0.25) is 5.78 Å². The smallest absolute Gasteiger partial charge is 0.204 e. The van der Waals surface area contributed by atoms with E-state index in [4.69, 9.17) is 0 Å². The molecule has 0 amide bonds. The van der Waals surface area contributed by atoms with E-state index in [1.54, 1.807) is 6.07 Å². The number of aryl methyl sites for hydroxylation is 1. The molecule has 17 heavy (non-hydrogen) atoms. The molecule has 0 atom stereocenters. The van der Waals surface area contributed by atoms with Gasteiger partial charge in [-0.15, -0.1) is 11.3 Å². The highest BCUT2D eigenvalue weighted by Crippen LogP contribution is 2.30. The van der Waals surface area contributed by atoms with E-state index < -0.39 is 5.82 Å². The molecule has 1 nitrogen and oxygen atoms in total. The van der Waals surface area contributed by atoms with Crippen LogP contribution in [0.4, 0.5) is 4.39 Å². The molecular weight excluding hydrogens is 371 g/mol. The van der Waals surface area contributed by atoms with Crippen molar-refractivity contribution in [3.63, 3.8) is 0 Å². The van der Waals surface area contributed by atoms with Crippen molar-refractivity contribution in [3.05, 3.63) is 54.3 Å². The lowest BCUT2D eigenvalue weighted by Gasteiger charge is -2.01. The number of ketones is 1. The quantitative estimate of drug-likeness (QED) is 0.676. The van der Waals surface area contributed by atoms with E-state index in [9.17, 15) is 9.18 Å². The second-order valence-corrected chi connectivity index (χ2v) is 6.75. The Bertz CT molecular complexity index is 573. The number of hydrogen-bond donors (Lipinski definition) is 0. The van der Waals surface area contributed by atoms with Crippen molar-refractivity contribution in [3.8, 4) is 0 Å². The molecule has 0 aliphatic carbocycles. The number of rotatable bonds is 2. The van der Waals surface area contributed by atoms with Crippen LogP contribution in [0.3, 0.4) is 0 Å². The molecule has 2 aromatic rings. The van der Waals surface area contributed by atoms with Gasteiger partial charge in [0.1, 0.15) is 5.82 Å². The maximum atomic E-state index is 13.1. The van der Waals surface area contributed by atoms with E-state index in [2.05, 4.69) is 31.9 Å². The molecule has 0 radical (unpaired) electrons. The first-order chi connectivity index (χ1) is 7.99. The molecule has 1 aromatic heterocycles. The van der Waals surface area contributed by atoms with E-state index in [1.165, 1.54) is 29.5 Å². The molecule has 1 heterocycles. The van der Waals surface area contributed by atoms with Gasteiger partial charge in [-0.2, -0.15) is 0 Å². The molecule has 0 saturated carbocycles. The molecular formula is C12H7Br2FOS. The van der Waals surface area contributed by atoms with Crippen LogP contribution in [0.15, 0.2) is 32.5 Å². The second-order valence-electron chi connectivity index (χ2n) is 3.52. The van der Waals surface area contributed by atoms with Gasteiger partial charge in [0, 0.05) is 10.0 Å². The molecule has 0 aliphatic heterocycles. The van der Waals surface area contributed by atoms with Crippen molar-refractivity contribution in [1.82, 2.24) is 0 Å². The zero-order valence-corrected chi connectivity index (χ0v) is 12.7. The molecule has 0 saturated heterocycles. The molecule has 88 valence electrons. The minimum Gasteiger partial charge on any atom is -0.288 e. The first-order valence-electron chi connectivity index (χ1n) is 4.74. The largest absolute Gasteiger partial charge is 0.288 e. The summed E-state index contributed by atoms with van der Waals surface area (Å²) in [6.07, 6.45) is 0. The Balaban J connectivity index is 2.47. The first kappa shape index (κ1) is 12.9. The highest BCUT2D eigenvalue weighted by molar-refractivity contribution is 9.11. The fourth-order valence-electron chi connectivity index (χ4n) is 1.38. The van der Waals surface area contributed by atoms with Crippen LogP contribution in [0.25, 0.3) is 0 Å². The molecule has 5 heteroatoms. The average Bonchev–Trinajstić information content (AvgIpc) is 2.62. The summed E-state index contributed by atoms with van der Waals surface area (Å²) < 4.78 is 14.7. The van der Waals surface area contributed by atoms with Crippen molar-refractivity contribution in [2.24, 2.45) is 0 Å². The van der Waals surface area contributed by atoms with Crippen LogP contribution in [-0.4, -0.2) is 5.78 Å². The molecule has 0 N–H and O–H groups in total. The summed E-state index contributed by atoms with van der Waals surface area (Å²) in [4.78, 5) is 12.8. The summed E-state index contributed by atoms with van der Waals surface area (Å²) in [5.41, 5.74) is 1.35. The standard InChI is InChI=1S/C12H7Br2FOS/c1-6-4-10(17-12(6)14)11(16)8-5-7(15)2-3-9(8)13/h2-5H,1H3. The zero-order chi connectivity index (χ0) is 12.6. The molecule has 0 spiro atoms. The molecule has 1 aromatic carbocycles. The van der Waals surface area contributed by atoms with Crippen molar-refractivity contribution in [2.45, 2.75) is 6.92 Å². The fourth-order valence-corrected chi connectivity index (χ4v) is 3.29. The van der Waals surface area contributed by atoms with Gasteiger partial charge in [-0.05, 0) is 52.7 Å². The Morgan fingerprint density at radius 1 is 1.29 bits per heavy atom. The molecule has 2 rings (SSSR count). The highest BCUT2D eigenvalue weighted by atomic mass is 79.9. The second kappa shape index (κ2) is 5.00. The third-order valence-electron chi connectivity index (χ3n) is 2.25. The number of hydrogen-bond acceptors (Lipinski definition) is 2. The highest BCUT2D eigenvalue weighted by Gasteiger charge is 2.16. The van der Waals surface area contributed by atoms with Crippen molar-refractivity contribution in [2.75, 3.05) is 0 Å². The first-order valence-corrected chi connectivity index (χ1v) is 7.15. The van der Waals surface area contributed by atoms with Gasteiger partial charge in [0.25, 0.3) is 0 Å². The van der Waals surface area contributed by atoms with Crippen molar-refractivity contribution < 1.29 is 9.18 Å². The van der Waals surface area contributed by atoms with E-state index in [0.717, 1.165) is 9.35 Å². The van der Waals surface area contributed by atoms with Crippen molar-refractivity contribution >= 4 is 49.0 Å². The summed E-state index contributed by atoms with van der Waals surface area (Å²) in [7, 11) is 0. The summed E-state index contributed by atoms with van der Waals surface area (Å²) in [5.74, 6) is -0.584. The van der Waals surface area contributed by atoms with E-state index in [1.807, 2.05) is 6.92 Å². The Kier molecular flexibility index (Phi) is 3.80. The predicted molar refractivity (Wildman–Crippen MR) is 74.3 cm³/mol. The van der Waals surface area contributed by atoms with Gasteiger partial charge in [-0.1, -0.05) is 15.9 Å². The number of carbonyl (C=O) groups excluding carboxylic acids is 1. The summed E-state index contributed by atoms with van der Waals surface area (Å²) in [6.45, 7) is 1.91. The lowest BCUT2D eigenvalue weighted by atomic mass is 10.1. The van der Waals surface area contributed by atoms with Crippen LogP contribution in [0.1, 0.15) is 20.8 Å². The monoisotopic (exact) mass is 376 g/mol. The lowest BCUT2D eigenvalue weighted by molar-refractivity contribution is 0.104. The third-order valence-corrected chi connectivity index (χ3v) is 5.08. The van der Waals surface area contributed by atoms with Crippen molar-refractivity contribution in [1.29, 1.82) is 0 Å². The SMILES string of the molecule is Cc1cc(C(=O)c2cc(F)ccc2Br)sc1Br. The number of halogens is 3. The van der Waals surface area contributed by atoms with Crippen LogP contribution in [0, 0.1) is 12.7 Å². The Morgan fingerprint density at radius 2 is 2.00 bits per heavy atom. The van der Waals surface area contributed by atoms with Crippen LogP contribution >= 0.6 is 43.2 Å². The van der Waals surface area contributed by atoms with E-state index >= 15 is 0 Å². The van der Waals surface area contributed by atoms with E-state index in [0.29, 0.717) is 14.9 Å². The maximum absolute atomic E-state index is 13.1. The summed E-state index contributed by atoms with van der Waals surface area (Å²) in [6, 6.07) is 5.90. The number of thiophene rings is 1. The maximum Gasteiger partial charge on any atom is 0.204 e. The third kappa shape index (κ3) is 2.67. The number of carbonyl (C=O) groups is 1. The van der Waals surface area contributed by atoms with Gasteiger partial charge in [-0.25, -0.2) is 4.39 Å². The predicted octanol–water partition coefficient (Wildman–Crippen LogP) is 4.95. The normalized spacial score (nSPS) is 10.6. The Hall–Kier alpha value is -0.520. The van der Waals surface area contributed by atoms with Crippen LogP contribution in [0.5, 0.6) is 0 Å². The lowest BCUT2D eigenvalue weighted by Crippen LogP contribution is -2.00. The summed E-state index contributed by atoms with van der Waals surface area (Å²) in [5, 5.41) is 0. The van der Waals surface area contributed by atoms with Crippen LogP contribution < -0.4 is 0 Å². The molecule has 0 unspecified atom stereocenters. The Morgan fingerprint density at radius 3 is 2.59 bits per heavy atom. The van der Waals surface area contributed by atoms with Crippen LogP contribution in [0.2, 0.25) is 0 Å². The summed E-state index contributed by atoms with van der Waals surface area (Å²) >= 11 is 7.99. The van der Waals surface area contributed by atoms with Crippen LogP contribution in [-0.2, 0) is 0 Å². The van der Waals surface area contributed by atoms with Gasteiger partial charge < -0.3 is 0 Å². The zero-order valence-electron chi connectivity index (χ0n) is 8.76. The van der Waals surface area contributed by atoms with Gasteiger partial charge in [-0.3, -0.25) is 4.79 Å². The molecule has 0 fully saturated rings. The topological polar surface area (TPSA) is 17.1 Å². The van der Waals surface area contributed by atoms with Gasteiger partial charge in [0.05, 0.1) is 8.66 Å². The minimum atomic E-state index is -0.413. The molecule has 0 bridgehead atoms. The molecule has 0 aliphatic rings. The van der Waals surface area contributed by atoms with Gasteiger partial charge >= 0.3 is 0 Å².